The van der Waals surface area contributed by atoms with Crippen molar-refractivity contribution in [2.75, 3.05) is 39.7 Å². The number of hydrogen-bond acceptors (Lipinski definition) is 9. The predicted molar refractivity (Wildman–Crippen MR) is 171 cm³/mol. The van der Waals surface area contributed by atoms with Crippen LogP contribution in [0.3, 0.4) is 0 Å². The van der Waals surface area contributed by atoms with Crippen LogP contribution in [-0.4, -0.2) is 68.4 Å². The van der Waals surface area contributed by atoms with Gasteiger partial charge in [0.15, 0.2) is 11.5 Å². The molecule has 3 aromatic rings. The number of carbonyl (C=O) groups excluding carboxylic acids is 3. The third kappa shape index (κ3) is 8.93. The molecular formula is C36H39F2NO9. The average molecular weight is 668 g/mol. The van der Waals surface area contributed by atoms with E-state index in [0.29, 0.717) is 48.0 Å². The molecule has 0 saturated carbocycles. The van der Waals surface area contributed by atoms with Crippen LogP contribution < -0.4 is 18.9 Å². The summed E-state index contributed by atoms with van der Waals surface area (Å²) in [5.41, 5.74) is 3.03. The first-order chi connectivity index (χ1) is 23.2. The number of esters is 2. The van der Waals surface area contributed by atoms with E-state index in [2.05, 4.69) is 0 Å². The summed E-state index contributed by atoms with van der Waals surface area (Å²) >= 11 is 0. The summed E-state index contributed by atoms with van der Waals surface area (Å²) in [5, 5.41) is 0. The summed E-state index contributed by atoms with van der Waals surface area (Å²) in [6.07, 6.45) is 0.701. The van der Waals surface area contributed by atoms with Gasteiger partial charge >= 0.3 is 11.9 Å². The molecule has 0 aromatic heterocycles. The number of alkyl halides is 2. The molecule has 48 heavy (non-hydrogen) atoms. The number of likely N-dealkylation sites (tertiary alicyclic amines) is 1. The Labute approximate surface area is 277 Å². The van der Waals surface area contributed by atoms with Gasteiger partial charge in [-0.25, -0.2) is 8.78 Å². The first-order valence-electron chi connectivity index (χ1n) is 16.1. The van der Waals surface area contributed by atoms with Crippen LogP contribution in [-0.2, 0) is 32.1 Å². The van der Waals surface area contributed by atoms with E-state index in [0.717, 1.165) is 21.6 Å². The molecule has 3 aromatic carbocycles. The topological polar surface area (TPSA) is 110 Å². The number of hydrogen-bond donors (Lipinski definition) is 0. The number of nitrogens with zero attached hydrogens (tertiary/aromatic N) is 1. The Morgan fingerprint density at radius 3 is 2.40 bits per heavy atom. The van der Waals surface area contributed by atoms with Gasteiger partial charge in [-0.2, -0.15) is 0 Å². The van der Waals surface area contributed by atoms with Gasteiger partial charge in [-0.05, 0) is 79.8 Å². The number of halogens is 2. The van der Waals surface area contributed by atoms with Crippen molar-refractivity contribution in [1.82, 2.24) is 4.90 Å². The number of rotatable bonds is 15. The third-order valence-electron chi connectivity index (χ3n) is 7.91. The van der Waals surface area contributed by atoms with Crippen molar-refractivity contribution in [2.24, 2.45) is 0 Å². The Morgan fingerprint density at radius 2 is 1.65 bits per heavy atom. The zero-order valence-electron chi connectivity index (χ0n) is 27.1. The van der Waals surface area contributed by atoms with Crippen molar-refractivity contribution >= 4 is 17.8 Å². The minimum atomic E-state index is -2.93. The van der Waals surface area contributed by atoms with Crippen LogP contribution in [0.15, 0.2) is 54.6 Å². The predicted octanol–water partition coefficient (Wildman–Crippen LogP) is 6.36. The number of amides is 1. The first-order valence-corrected chi connectivity index (χ1v) is 16.1. The van der Waals surface area contributed by atoms with E-state index < -0.39 is 18.4 Å². The number of ether oxygens (including phenoxy) is 6. The number of fused-ring (bicyclic) bond motifs is 1. The van der Waals surface area contributed by atoms with Crippen LogP contribution in [0.5, 0.6) is 23.0 Å². The standard InChI is InChI=1S/C36H39F2NO9/c1-3-43-33(40)9-6-16-45-30-8-5-7-25(29(30)11-13-34(41)44-4-2)21-46-28-18-26(24-10-12-31-32(20-24)48-23-47-31)17-27(19-28)35(42)39-15-14-36(37,38)22-39/h5,7-8,10,12,17-20H,3-4,6,9,11,13-16,21-23H2,1-2H3. The lowest BCUT2D eigenvalue weighted by molar-refractivity contribution is -0.144. The molecule has 2 aliphatic heterocycles. The van der Waals surface area contributed by atoms with Gasteiger partial charge in [0.05, 0.1) is 26.4 Å². The van der Waals surface area contributed by atoms with Crippen molar-refractivity contribution < 1.29 is 51.6 Å². The molecular weight excluding hydrogens is 628 g/mol. The van der Waals surface area contributed by atoms with Crippen LogP contribution >= 0.6 is 0 Å². The Kier molecular flexibility index (Phi) is 11.4. The van der Waals surface area contributed by atoms with Gasteiger partial charge in [0, 0.05) is 36.9 Å². The highest BCUT2D eigenvalue weighted by Crippen LogP contribution is 2.38. The lowest BCUT2D eigenvalue weighted by Gasteiger charge is -2.19. The van der Waals surface area contributed by atoms with Crippen LogP contribution in [0.25, 0.3) is 11.1 Å². The SMILES string of the molecule is CCOC(=O)CCCOc1cccc(COc2cc(C(=O)N3CCC(F)(F)C3)cc(-c3ccc4c(c3)OCO4)c2)c1CCC(=O)OCC. The molecule has 0 atom stereocenters. The molecule has 1 amide bonds. The third-order valence-corrected chi connectivity index (χ3v) is 7.91. The van der Waals surface area contributed by atoms with E-state index in [1.54, 1.807) is 56.3 Å². The van der Waals surface area contributed by atoms with Crippen LogP contribution in [0.1, 0.15) is 61.0 Å². The van der Waals surface area contributed by atoms with Crippen molar-refractivity contribution in [1.29, 1.82) is 0 Å². The fraction of sp³-hybridized carbons (Fsp3) is 0.417. The normalized spacial score (nSPS) is 14.5. The summed E-state index contributed by atoms with van der Waals surface area (Å²) in [5.74, 6) is -2.07. The van der Waals surface area contributed by atoms with E-state index in [1.807, 2.05) is 12.1 Å². The summed E-state index contributed by atoms with van der Waals surface area (Å²) < 4.78 is 61.4. The van der Waals surface area contributed by atoms with Crippen molar-refractivity contribution in [2.45, 2.75) is 58.5 Å². The molecule has 12 heteroatoms. The summed E-state index contributed by atoms with van der Waals surface area (Å²) in [4.78, 5) is 38.6. The Balaban J connectivity index is 1.40. The molecule has 0 unspecified atom stereocenters. The number of benzene rings is 3. The molecule has 2 aliphatic rings. The fourth-order valence-corrected chi connectivity index (χ4v) is 5.56. The molecule has 0 N–H and O–H groups in total. The smallest absolute Gasteiger partial charge is 0.306 e. The van der Waals surface area contributed by atoms with Crippen molar-refractivity contribution in [3.05, 3.63) is 71.3 Å². The largest absolute Gasteiger partial charge is 0.493 e. The van der Waals surface area contributed by atoms with Crippen molar-refractivity contribution in [3.63, 3.8) is 0 Å². The molecule has 1 fully saturated rings. The summed E-state index contributed by atoms with van der Waals surface area (Å²) in [6, 6.07) is 15.8. The molecule has 10 nitrogen and oxygen atoms in total. The quantitative estimate of drug-likeness (QED) is 0.135. The lowest BCUT2D eigenvalue weighted by Crippen LogP contribution is -2.31. The summed E-state index contributed by atoms with van der Waals surface area (Å²) in [6.45, 7) is 3.77. The highest BCUT2D eigenvalue weighted by molar-refractivity contribution is 5.96. The molecule has 0 bridgehead atoms. The van der Waals surface area contributed by atoms with E-state index in [1.165, 1.54) is 0 Å². The average Bonchev–Trinajstić information content (AvgIpc) is 3.70. The van der Waals surface area contributed by atoms with E-state index in [9.17, 15) is 23.2 Å². The van der Waals surface area contributed by atoms with Gasteiger partial charge < -0.3 is 33.3 Å². The molecule has 2 heterocycles. The van der Waals surface area contributed by atoms with Gasteiger partial charge in [0.1, 0.15) is 18.1 Å². The minimum absolute atomic E-state index is 0.0489. The van der Waals surface area contributed by atoms with E-state index >= 15 is 0 Å². The van der Waals surface area contributed by atoms with Crippen molar-refractivity contribution in [3.8, 4) is 34.1 Å². The minimum Gasteiger partial charge on any atom is -0.493 e. The van der Waals surface area contributed by atoms with Gasteiger partial charge in [-0.1, -0.05) is 18.2 Å². The Morgan fingerprint density at radius 1 is 0.875 bits per heavy atom. The zero-order valence-corrected chi connectivity index (χ0v) is 27.1. The van der Waals surface area contributed by atoms with Crippen LogP contribution in [0, 0.1) is 0 Å². The maximum absolute atomic E-state index is 14.0. The second-order valence-electron chi connectivity index (χ2n) is 11.4. The second kappa shape index (κ2) is 15.8. The lowest BCUT2D eigenvalue weighted by atomic mass is 10.0. The molecule has 5 rings (SSSR count). The zero-order chi connectivity index (χ0) is 34.1. The van der Waals surface area contributed by atoms with E-state index in [4.69, 9.17) is 28.4 Å². The van der Waals surface area contributed by atoms with Gasteiger partial charge in [0.25, 0.3) is 11.8 Å². The van der Waals surface area contributed by atoms with E-state index in [-0.39, 0.29) is 69.9 Å². The van der Waals surface area contributed by atoms with Crippen LogP contribution in [0.2, 0.25) is 0 Å². The maximum atomic E-state index is 14.0. The Hall–Kier alpha value is -4.87. The molecule has 0 radical (unpaired) electrons. The molecule has 0 spiro atoms. The highest BCUT2D eigenvalue weighted by Gasteiger charge is 2.40. The molecule has 256 valence electrons. The molecule has 1 saturated heterocycles. The Bertz CT molecular complexity index is 1630. The second-order valence-corrected chi connectivity index (χ2v) is 11.4. The van der Waals surface area contributed by atoms with Gasteiger partial charge in [-0.3, -0.25) is 14.4 Å². The summed E-state index contributed by atoms with van der Waals surface area (Å²) in [7, 11) is 0. The fourth-order valence-electron chi connectivity index (χ4n) is 5.56. The van der Waals surface area contributed by atoms with Crippen LogP contribution in [0.4, 0.5) is 8.78 Å². The number of carbonyl (C=O) groups is 3. The maximum Gasteiger partial charge on any atom is 0.306 e. The van der Waals surface area contributed by atoms with Gasteiger partial charge in [0.2, 0.25) is 6.79 Å². The first kappa shape index (κ1) is 34.5. The highest BCUT2D eigenvalue weighted by atomic mass is 19.3. The monoisotopic (exact) mass is 667 g/mol. The molecule has 0 aliphatic carbocycles. The van der Waals surface area contributed by atoms with Gasteiger partial charge in [-0.15, -0.1) is 0 Å².